The second-order valence-electron chi connectivity index (χ2n) is 12.1. The second kappa shape index (κ2) is 11.8. The number of halogens is 3. The van der Waals surface area contributed by atoms with Crippen LogP contribution >= 0.6 is 0 Å². The molecule has 1 aromatic carbocycles. The van der Waals surface area contributed by atoms with Crippen molar-refractivity contribution in [1.29, 1.82) is 0 Å². The molecule has 1 amide bonds. The van der Waals surface area contributed by atoms with E-state index < -0.39 is 17.6 Å². The average Bonchev–Trinajstić information content (AvgIpc) is 3.36. The van der Waals surface area contributed by atoms with Gasteiger partial charge in [0.1, 0.15) is 28.8 Å². The summed E-state index contributed by atoms with van der Waals surface area (Å²) in [6, 6.07) is 10.4. The van der Waals surface area contributed by atoms with Crippen LogP contribution in [0.3, 0.4) is 0 Å². The molecule has 232 valence electrons. The van der Waals surface area contributed by atoms with Crippen LogP contribution in [0.4, 0.5) is 13.2 Å². The fourth-order valence-corrected chi connectivity index (χ4v) is 6.36. The summed E-state index contributed by atoms with van der Waals surface area (Å²) in [7, 11) is 1.98. The number of aromatic nitrogens is 3. The van der Waals surface area contributed by atoms with Crippen LogP contribution < -0.4 is 9.47 Å². The number of aromatic amines is 1. The van der Waals surface area contributed by atoms with Gasteiger partial charge in [-0.05, 0) is 80.8 Å². The highest BCUT2D eigenvalue weighted by molar-refractivity contribution is 5.83. The average molecular weight is 608 g/mol. The van der Waals surface area contributed by atoms with Crippen LogP contribution in [-0.2, 0) is 23.8 Å². The number of hydrogen-bond donors (Lipinski definition) is 1. The third-order valence-corrected chi connectivity index (χ3v) is 8.69. The van der Waals surface area contributed by atoms with E-state index in [0.29, 0.717) is 30.9 Å². The van der Waals surface area contributed by atoms with Gasteiger partial charge in [-0.3, -0.25) is 4.79 Å². The lowest BCUT2D eigenvalue weighted by atomic mass is 9.92. The van der Waals surface area contributed by atoms with Gasteiger partial charge in [0, 0.05) is 43.6 Å². The van der Waals surface area contributed by atoms with E-state index in [9.17, 15) is 18.0 Å². The second-order valence-corrected chi connectivity index (χ2v) is 12.1. The standard InChI is InChI=1S/C33H36F3N5O3/c1-19-18-40(4)11-9-28(19)44-32-27(33(34,35)36)14-22(17-38-32)15-30(42)41-12-8-23-5-6-24(16-25(23)21(41)3)43-29-7-10-37-31-26(29)13-20(2)39-31/h5-7,10,13-14,16-17,19,21,28H,8-9,11-12,15,18H2,1-4H3,(H,37,39)/t19?,21-,28?/m0/s1. The summed E-state index contributed by atoms with van der Waals surface area (Å²) in [4.78, 5) is 29.0. The van der Waals surface area contributed by atoms with Gasteiger partial charge in [0.2, 0.25) is 11.8 Å². The number of piperidine rings is 1. The van der Waals surface area contributed by atoms with E-state index in [1.54, 1.807) is 11.1 Å². The quantitative estimate of drug-likeness (QED) is 0.270. The number of nitrogens with zero attached hydrogens (tertiary/aromatic N) is 4. The minimum absolute atomic E-state index is 0.0656. The highest BCUT2D eigenvalue weighted by Crippen LogP contribution is 2.38. The predicted octanol–water partition coefficient (Wildman–Crippen LogP) is 6.48. The zero-order valence-corrected chi connectivity index (χ0v) is 25.2. The molecular formula is C33H36F3N5O3. The molecule has 44 heavy (non-hydrogen) atoms. The molecule has 2 aliphatic heterocycles. The molecule has 0 bridgehead atoms. The monoisotopic (exact) mass is 607 g/mol. The molecule has 8 nitrogen and oxygen atoms in total. The highest BCUT2D eigenvalue weighted by Gasteiger charge is 2.38. The lowest BCUT2D eigenvalue weighted by molar-refractivity contribution is -0.140. The molecule has 3 atom stereocenters. The Morgan fingerprint density at radius 3 is 2.70 bits per heavy atom. The Morgan fingerprint density at radius 1 is 1.11 bits per heavy atom. The van der Waals surface area contributed by atoms with E-state index >= 15 is 0 Å². The normalized spacial score (nSPS) is 20.9. The fourth-order valence-electron chi connectivity index (χ4n) is 6.36. The number of ether oxygens (including phenoxy) is 2. The molecular weight excluding hydrogens is 571 g/mol. The number of fused-ring (bicyclic) bond motifs is 2. The number of benzene rings is 1. The summed E-state index contributed by atoms with van der Waals surface area (Å²) in [5.74, 6) is 0.673. The van der Waals surface area contributed by atoms with E-state index in [4.69, 9.17) is 9.47 Å². The van der Waals surface area contributed by atoms with Gasteiger partial charge < -0.3 is 24.3 Å². The predicted molar refractivity (Wildman–Crippen MR) is 160 cm³/mol. The maximum atomic E-state index is 14.1. The molecule has 0 radical (unpaired) electrons. The number of alkyl halides is 3. The molecule has 1 fully saturated rings. The van der Waals surface area contributed by atoms with Crippen LogP contribution in [0.5, 0.6) is 17.4 Å². The van der Waals surface area contributed by atoms with Crippen molar-refractivity contribution in [2.75, 3.05) is 26.7 Å². The van der Waals surface area contributed by atoms with Crippen molar-refractivity contribution < 1.29 is 27.4 Å². The molecule has 6 rings (SSSR count). The van der Waals surface area contributed by atoms with Crippen molar-refractivity contribution in [2.24, 2.45) is 5.92 Å². The number of amides is 1. The Labute approximate surface area is 254 Å². The topological polar surface area (TPSA) is 83.6 Å². The molecule has 1 N–H and O–H groups in total. The Morgan fingerprint density at radius 2 is 1.93 bits per heavy atom. The van der Waals surface area contributed by atoms with Gasteiger partial charge in [0.15, 0.2) is 0 Å². The van der Waals surface area contributed by atoms with Gasteiger partial charge in [-0.25, -0.2) is 9.97 Å². The molecule has 11 heteroatoms. The number of rotatable bonds is 6. The van der Waals surface area contributed by atoms with Crippen LogP contribution in [0.2, 0.25) is 0 Å². The number of carbonyl (C=O) groups excluding carboxylic acids is 1. The zero-order chi connectivity index (χ0) is 31.2. The summed E-state index contributed by atoms with van der Waals surface area (Å²) in [5.41, 5.74) is 3.02. The van der Waals surface area contributed by atoms with Gasteiger partial charge in [-0.2, -0.15) is 13.2 Å². The number of hydrogen-bond acceptors (Lipinski definition) is 6. The minimum Gasteiger partial charge on any atom is -0.474 e. The van der Waals surface area contributed by atoms with Crippen molar-refractivity contribution in [3.05, 3.63) is 76.7 Å². The number of nitrogens with one attached hydrogen (secondary N) is 1. The zero-order valence-electron chi connectivity index (χ0n) is 25.2. The van der Waals surface area contributed by atoms with Crippen molar-refractivity contribution >= 4 is 16.9 Å². The van der Waals surface area contributed by atoms with Crippen molar-refractivity contribution in [2.45, 2.75) is 58.4 Å². The van der Waals surface area contributed by atoms with E-state index in [1.165, 1.54) is 6.20 Å². The lowest BCUT2D eigenvalue weighted by Gasteiger charge is -2.36. The maximum Gasteiger partial charge on any atom is 0.421 e. The summed E-state index contributed by atoms with van der Waals surface area (Å²) in [6.07, 6.45) is -0.947. The van der Waals surface area contributed by atoms with E-state index in [0.717, 1.165) is 47.0 Å². The Kier molecular flexibility index (Phi) is 8.00. The van der Waals surface area contributed by atoms with Gasteiger partial charge in [-0.1, -0.05) is 13.0 Å². The van der Waals surface area contributed by atoms with Crippen LogP contribution in [-0.4, -0.2) is 63.4 Å². The first-order valence-corrected chi connectivity index (χ1v) is 14.9. The molecule has 4 aromatic rings. The van der Waals surface area contributed by atoms with Crippen LogP contribution in [0.15, 0.2) is 48.8 Å². The molecule has 0 saturated carbocycles. The molecule has 1 saturated heterocycles. The third kappa shape index (κ3) is 6.10. The van der Waals surface area contributed by atoms with Crippen molar-refractivity contribution in [1.82, 2.24) is 24.8 Å². The summed E-state index contributed by atoms with van der Waals surface area (Å²) >= 11 is 0. The summed E-state index contributed by atoms with van der Waals surface area (Å²) < 4.78 is 54.4. The Hall–Kier alpha value is -4.12. The third-order valence-electron chi connectivity index (χ3n) is 8.69. The molecule has 2 aliphatic rings. The number of likely N-dealkylation sites (tertiary alicyclic amines) is 1. The number of pyridine rings is 2. The van der Waals surface area contributed by atoms with Crippen molar-refractivity contribution in [3.63, 3.8) is 0 Å². The maximum absolute atomic E-state index is 14.1. The van der Waals surface area contributed by atoms with Gasteiger partial charge in [-0.15, -0.1) is 0 Å². The lowest BCUT2D eigenvalue weighted by Crippen LogP contribution is -2.42. The first kappa shape index (κ1) is 29.9. The van der Waals surface area contributed by atoms with E-state index in [2.05, 4.69) is 19.9 Å². The Bertz CT molecular complexity index is 1690. The SMILES string of the molecule is Cc1cc2c(Oc3ccc4c(c3)[C@H](C)N(C(=O)Cc3cnc(OC5CCN(C)CC5C)c(C(F)(F)F)c3)CC4)ccnc2[nH]1. The van der Waals surface area contributed by atoms with Gasteiger partial charge in [0.25, 0.3) is 0 Å². The number of carbonyl (C=O) groups is 1. The smallest absolute Gasteiger partial charge is 0.421 e. The van der Waals surface area contributed by atoms with Gasteiger partial charge >= 0.3 is 6.18 Å². The summed E-state index contributed by atoms with van der Waals surface area (Å²) in [5, 5.41) is 0.872. The van der Waals surface area contributed by atoms with Crippen molar-refractivity contribution in [3.8, 4) is 17.4 Å². The first-order valence-electron chi connectivity index (χ1n) is 14.9. The first-order chi connectivity index (χ1) is 21.0. The van der Waals surface area contributed by atoms with Crippen LogP contribution in [0.25, 0.3) is 11.0 Å². The minimum atomic E-state index is -4.66. The van der Waals surface area contributed by atoms with E-state index in [1.807, 2.05) is 58.2 Å². The molecule has 0 aliphatic carbocycles. The molecule has 5 heterocycles. The molecule has 3 aromatic heterocycles. The number of aryl methyl sites for hydroxylation is 1. The fraction of sp³-hybridized carbons (Fsp3) is 0.424. The van der Waals surface area contributed by atoms with Crippen LogP contribution in [0.1, 0.15) is 54.3 Å². The molecule has 2 unspecified atom stereocenters. The molecule has 0 spiro atoms. The van der Waals surface area contributed by atoms with Crippen LogP contribution in [0, 0.1) is 12.8 Å². The Balaban J connectivity index is 1.18. The highest BCUT2D eigenvalue weighted by atomic mass is 19.4. The largest absolute Gasteiger partial charge is 0.474 e. The number of H-pyrrole nitrogens is 1. The summed E-state index contributed by atoms with van der Waals surface area (Å²) in [6.45, 7) is 7.80. The van der Waals surface area contributed by atoms with Gasteiger partial charge in [0.05, 0.1) is 17.8 Å². The van der Waals surface area contributed by atoms with E-state index in [-0.39, 0.29) is 36.0 Å².